The highest BCUT2D eigenvalue weighted by atomic mass is 79.9. The number of thiazole rings is 1. The SMILES string of the molecule is Cc1csc(/C(C#N)=C/c2ccc(-c3ccccc3Br)o2)n1. The second kappa shape index (κ2) is 6.30. The van der Waals surface area contributed by atoms with Crippen LogP contribution in [-0.2, 0) is 0 Å². The van der Waals surface area contributed by atoms with Crippen molar-refractivity contribution in [3.05, 3.63) is 62.7 Å². The van der Waals surface area contributed by atoms with Gasteiger partial charge in [-0.2, -0.15) is 5.26 Å². The van der Waals surface area contributed by atoms with Crippen LogP contribution in [0.4, 0.5) is 0 Å². The van der Waals surface area contributed by atoms with Crippen molar-refractivity contribution < 1.29 is 4.42 Å². The Labute approximate surface area is 140 Å². The highest BCUT2D eigenvalue weighted by Crippen LogP contribution is 2.30. The smallest absolute Gasteiger partial charge is 0.135 e. The fraction of sp³-hybridized carbons (Fsp3) is 0.0588. The van der Waals surface area contributed by atoms with Gasteiger partial charge >= 0.3 is 0 Å². The Morgan fingerprint density at radius 2 is 2.14 bits per heavy atom. The van der Waals surface area contributed by atoms with E-state index in [2.05, 4.69) is 27.0 Å². The summed E-state index contributed by atoms with van der Waals surface area (Å²) in [4.78, 5) is 4.34. The number of furan rings is 1. The predicted octanol–water partition coefficient (Wildman–Crippen LogP) is 5.54. The summed E-state index contributed by atoms with van der Waals surface area (Å²) in [5.41, 5.74) is 2.39. The van der Waals surface area contributed by atoms with Crippen LogP contribution in [0.1, 0.15) is 16.5 Å². The van der Waals surface area contributed by atoms with E-state index in [1.807, 2.05) is 48.7 Å². The van der Waals surface area contributed by atoms with Crippen molar-refractivity contribution in [2.24, 2.45) is 0 Å². The van der Waals surface area contributed by atoms with Crippen LogP contribution in [0.3, 0.4) is 0 Å². The maximum absolute atomic E-state index is 9.32. The number of nitriles is 1. The molecule has 2 aromatic heterocycles. The molecule has 0 spiro atoms. The molecule has 5 heteroatoms. The molecule has 0 saturated heterocycles. The van der Waals surface area contributed by atoms with Crippen molar-refractivity contribution in [1.29, 1.82) is 5.26 Å². The summed E-state index contributed by atoms with van der Waals surface area (Å²) in [5.74, 6) is 1.39. The van der Waals surface area contributed by atoms with Crippen LogP contribution in [-0.4, -0.2) is 4.98 Å². The summed E-state index contributed by atoms with van der Waals surface area (Å²) in [6.45, 7) is 1.91. The second-order valence-corrected chi connectivity index (χ2v) is 6.36. The zero-order chi connectivity index (χ0) is 15.5. The second-order valence-electron chi connectivity index (χ2n) is 4.65. The summed E-state index contributed by atoms with van der Waals surface area (Å²) < 4.78 is 6.80. The Balaban J connectivity index is 1.96. The van der Waals surface area contributed by atoms with Gasteiger partial charge in [-0.05, 0) is 25.1 Å². The minimum atomic E-state index is 0.506. The van der Waals surface area contributed by atoms with E-state index in [4.69, 9.17) is 4.42 Å². The molecule has 0 unspecified atom stereocenters. The molecule has 3 rings (SSSR count). The Kier molecular flexibility index (Phi) is 4.23. The number of allylic oxidation sites excluding steroid dienone is 1. The van der Waals surface area contributed by atoms with Crippen LogP contribution in [0.2, 0.25) is 0 Å². The Hall–Kier alpha value is -2.16. The molecule has 0 aliphatic carbocycles. The quantitative estimate of drug-likeness (QED) is 0.568. The Morgan fingerprint density at radius 3 is 2.82 bits per heavy atom. The highest BCUT2D eigenvalue weighted by Gasteiger charge is 2.10. The number of benzene rings is 1. The van der Waals surface area contributed by atoms with E-state index in [0.29, 0.717) is 16.3 Å². The van der Waals surface area contributed by atoms with Gasteiger partial charge in [-0.15, -0.1) is 11.3 Å². The molecule has 3 nitrogen and oxygen atoms in total. The van der Waals surface area contributed by atoms with Crippen molar-refractivity contribution in [1.82, 2.24) is 4.98 Å². The fourth-order valence-electron chi connectivity index (χ4n) is 2.00. The van der Waals surface area contributed by atoms with Crippen LogP contribution in [0.15, 0.2) is 50.7 Å². The molecular weight excluding hydrogens is 360 g/mol. The molecule has 0 bridgehead atoms. The molecule has 0 aliphatic heterocycles. The average molecular weight is 371 g/mol. The number of aryl methyl sites for hydroxylation is 1. The normalized spacial score (nSPS) is 11.4. The minimum absolute atomic E-state index is 0.506. The number of rotatable bonds is 3. The molecule has 3 aromatic rings. The van der Waals surface area contributed by atoms with Crippen LogP contribution < -0.4 is 0 Å². The third-order valence-corrected chi connectivity index (χ3v) is 4.71. The van der Waals surface area contributed by atoms with E-state index in [0.717, 1.165) is 21.5 Å². The summed E-state index contributed by atoms with van der Waals surface area (Å²) in [7, 11) is 0. The molecular formula is C17H11BrN2OS. The number of nitrogens with zero attached hydrogens (tertiary/aromatic N) is 2. The standard InChI is InChI=1S/C17H11BrN2OS/c1-11-10-22-17(20-11)12(9-19)8-13-6-7-16(21-13)14-4-2-3-5-15(14)18/h2-8,10H,1H3/b12-8+. The van der Waals surface area contributed by atoms with Gasteiger partial charge in [-0.3, -0.25) is 0 Å². The maximum atomic E-state index is 9.32. The van der Waals surface area contributed by atoms with Crippen LogP contribution in [0.5, 0.6) is 0 Å². The van der Waals surface area contributed by atoms with E-state index in [1.165, 1.54) is 11.3 Å². The molecule has 0 fully saturated rings. The molecule has 0 aliphatic rings. The number of aromatic nitrogens is 1. The van der Waals surface area contributed by atoms with Gasteiger partial charge in [0.05, 0.1) is 5.57 Å². The van der Waals surface area contributed by atoms with Crippen molar-refractivity contribution in [2.75, 3.05) is 0 Å². The number of halogens is 1. The van der Waals surface area contributed by atoms with Gasteiger partial charge in [-0.25, -0.2) is 4.98 Å². The van der Waals surface area contributed by atoms with Gasteiger partial charge in [0.15, 0.2) is 0 Å². The van der Waals surface area contributed by atoms with E-state index in [-0.39, 0.29) is 0 Å². The lowest BCUT2D eigenvalue weighted by Gasteiger charge is -1.99. The molecule has 0 saturated carbocycles. The third-order valence-electron chi connectivity index (χ3n) is 3.02. The first-order valence-corrected chi connectivity index (χ1v) is 8.23. The monoisotopic (exact) mass is 370 g/mol. The lowest BCUT2D eigenvalue weighted by molar-refractivity contribution is 0.571. The first kappa shape index (κ1) is 14.8. The van der Waals surface area contributed by atoms with Crippen LogP contribution >= 0.6 is 27.3 Å². The third kappa shape index (κ3) is 3.03. The minimum Gasteiger partial charge on any atom is -0.457 e. The van der Waals surface area contributed by atoms with E-state index in [9.17, 15) is 5.26 Å². The van der Waals surface area contributed by atoms with E-state index < -0.39 is 0 Å². The van der Waals surface area contributed by atoms with Crippen molar-refractivity contribution in [3.8, 4) is 17.4 Å². The summed E-state index contributed by atoms with van der Waals surface area (Å²) >= 11 is 4.97. The zero-order valence-electron chi connectivity index (χ0n) is 11.7. The van der Waals surface area contributed by atoms with Gasteiger partial charge in [-0.1, -0.05) is 34.1 Å². The molecule has 1 aromatic carbocycles. The molecule has 0 N–H and O–H groups in total. The zero-order valence-corrected chi connectivity index (χ0v) is 14.1. The molecule has 22 heavy (non-hydrogen) atoms. The number of hydrogen-bond acceptors (Lipinski definition) is 4. The van der Waals surface area contributed by atoms with Crippen molar-refractivity contribution in [3.63, 3.8) is 0 Å². The number of hydrogen-bond donors (Lipinski definition) is 0. The van der Waals surface area contributed by atoms with Crippen LogP contribution in [0.25, 0.3) is 23.0 Å². The predicted molar refractivity (Wildman–Crippen MR) is 92.2 cm³/mol. The van der Waals surface area contributed by atoms with Gasteiger partial charge < -0.3 is 4.42 Å². The first-order valence-electron chi connectivity index (χ1n) is 6.56. The van der Waals surface area contributed by atoms with Crippen molar-refractivity contribution >= 4 is 38.9 Å². The summed E-state index contributed by atoms with van der Waals surface area (Å²) in [5, 5.41) is 12.0. The van der Waals surface area contributed by atoms with E-state index >= 15 is 0 Å². The van der Waals surface area contributed by atoms with Gasteiger partial charge in [0, 0.05) is 27.2 Å². The lowest BCUT2D eigenvalue weighted by Crippen LogP contribution is -1.80. The van der Waals surface area contributed by atoms with Gasteiger partial charge in [0.1, 0.15) is 22.6 Å². The topological polar surface area (TPSA) is 49.8 Å². The fourth-order valence-corrected chi connectivity index (χ4v) is 3.24. The summed E-state index contributed by atoms with van der Waals surface area (Å²) in [6.07, 6.45) is 1.72. The summed E-state index contributed by atoms with van der Waals surface area (Å²) in [6, 6.07) is 13.8. The molecule has 0 radical (unpaired) electrons. The van der Waals surface area contributed by atoms with E-state index in [1.54, 1.807) is 6.08 Å². The molecule has 0 amide bonds. The lowest BCUT2D eigenvalue weighted by atomic mass is 10.2. The van der Waals surface area contributed by atoms with Gasteiger partial charge in [0.25, 0.3) is 0 Å². The highest BCUT2D eigenvalue weighted by molar-refractivity contribution is 9.10. The maximum Gasteiger partial charge on any atom is 0.135 e. The molecule has 108 valence electrons. The largest absolute Gasteiger partial charge is 0.457 e. The Morgan fingerprint density at radius 1 is 1.32 bits per heavy atom. The molecule has 0 atom stereocenters. The average Bonchev–Trinajstić information content (AvgIpc) is 3.14. The molecule has 2 heterocycles. The Bertz CT molecular complexity index is 886. The van der Waals surface area contributed by atoms with Crippen molar-refractivity contribution in [2.45, 2.75) is 6.92 Å². The van der Waals surface area contributed by atoms with Gasteiger partial charge in [0.2, 0.25) is 0 Å². The first-order chi connectivity index (χ1) is 10.7. The van der Waals surface area contributed by atoms with Crippen LogP contribution in [0, 0.1) is 18.3 Å².